The normalized spacial score (nSPS) is 11.8. The number of fused-ring (bicyclic) bond motifs is 7. The van der Waals surface area contributed by atoms with Gasteiger partial charge >= 0.3 is 0 Å². The van der Waals surface area contributed by atoms with E-state index in [2.05, 4.69) is 54.6 Å². The Hall–Kier alpha value is -6.18. The van der Waals surface area contributed by atoms with Crippen molar-refractivity contribution in [2.24, 2.45) is 0 Å². The van der Waals surface area contributed by atoms with Crippen LogP contribution in [-0.2, 0) is 0 Å². The van der Waals surface area contributed by atoms with Gasteiger partial charge in [-0.1, -0.05) is 91.0 Å². The lowest BCUT2D eigenvalue weighted by molar-refractivity contribution is 0.618. The average Bonchev–Trinajstić information content (AvgIpc) is 3.83. The van der Waals surface area contributed by atoms with Crippen molar-refractivity contribution in [3.05, 3.63) is 133 Å². The molecule has 10 rings (SSSR count). The van der Waals surface area contributed by atoms with Gasteiger partial charge in [-0.05, 0) is 36.4 Å². The number of nitrogens with zero attached hydrogens (tertiary/aromatic N) is 4. The highest BCUT2D eigenvalue weighted by Crippen LogP contribution is 2.41. The van der Waals surface area contributed by atoms with Crippen molar-refractivity contribution >= 4 is 64.5 Å². The van der Waals surface area contributed by atoms with Crippen LogP contribution in [0.1, 0.15) is 0 Å². The van der Waals surface area contributed by atoms with Crippen molar-refractivity contribution in [1.29, 1.82) is 0 Å². The van der Waals surface area contributed by atoms with Crippen LogP contribution in [0.15, 0.2) is 142 Å². The van der Waals surface area contributed by atoms with Gasteiger partial charge in [0.2, 0.25) is 5.89 Å². The molecule has 0 aliphatic heterocycles. The highest BCUT2D eigenvalue weighted by Gasteiger charge is 2.19. The third-order valence-electron chi connectivity index (χ3n) is 8.57. The quantitative estimate of drug-likeness (QED) is 0.194. The van der Waals surface area contributed by atoms with Gasteiger partial charge in [0.05, 0.1) is 5.56 Å². The Morgan fingerprint density at radius 3 is 1.85 bits per heavy atom. The summed E-state index contributed by atoms with van der Waals surface area (Å²) in [6.07, 6.45) is 0. The molecule has 0 unspecified atom stereocenters. The Morgan fingerprint density at radius 2 is 1.09 bits per heavy atom. The van der Waals surface area contributed by atoms with Gasteiger partial charge in [0, 0.05) is 53.7 Å². The van der Waals surface area contributed by atoms with Crippen LogP contribution in [0.4, 0.5) is 0 Å². The SMILES string of the molecule is c1ccc(-c2nc(-c3ccccc3)nc(-c3ccc4oc5cc6oc(-c7cccc8c7sc7ccccc78)nc6cc5c4c3)n2)cc1. The molecule has 0 spiro atoms. The van der Waals surface area contributed by atoms with E-state index in [1.807, 2.05) is 78.9 Å². The van der Waals surface area contributed by atoms with E-state index in [0.29, 0.717) is 28.9 Å². The first-order chi connectivity index (χ1) is 23.2. The van der Waals surface area contributed by atoms with Crippen molar-refractivity contribution in [1.82, 2.24) is 19.9 Å². The van der Waals surface area contributed by atoms with Crippen LogP contribution in [0.25, 0.3) is 98.8 Å². The van der Waals surface area contributed by atoms with Crippen molar-refractivity contribution in [3.63, 3.8) is 0 Å². The predicted octanol–water partition coefficient (Wildman–Crippen LogP) is 10.9. The molecular formula is C40H22N4O2S. The minimum Gasteiger partial charge on any atom is -0.456 e. The standard InChI is InChI=1S/C40H22N4O2S/c1-3-10-23(11-4-1)37-42-38(24-12-5-2-6-13-24)44-39(43-37)25-18-19-32-29(20-25)30-21-31-34(22-33(30)45-32)46-40(41-31)28-16-9-15-27-26-14-7-8-17-35(26)47-36(27)28/h1-22H. The van der Waals surface area contributed by atoms with Crippen LogP contribution < -0.4 is 0 Å². The third-order valence-corrected chi connectivity index (χ3v) is 9.79. The topological polar surface area (TPSA) is 77.8 Å². The molecule has 47 heavy (non-hydrogen) atoms. The number of oxazole rings is 1. The highest BCUT2D eigenvalue weighted by atomic mass is 32.1. The Balaban J connectivity index is 1.12. The summed E-state index contributed by atoms with van der Waals surface area (Å²) in [4.78, 5) is 19.6. The van der Waals surface area contributed by atoms with Crippen molar-refractivity contribution in [2.75, 3.05) is 0 Å². The summed E-state index contributed by atoms with van der Waals surface area (Å²) in [7, 11) is 0. The molecule has 220 valence electrons. The van der Waals surface area contributed by atoms with Gasteiger partial charge in [-0.2, -0.15) is 0 Å². The molecule has 0 saturated carbocycles. The lowest BCUT2D eigenvalue weighted by atomic mass is 10.1. The third kappa shape index (κ3) is 4.25. The van der Waals surface area contributed by atoms with Crippen molar-refractivity contribution in [2.45, 2.75) is 0 Å². The fourth-order valence-electron chi connectivity index (χ4n) is 6.31. The van der Waals surface area contributed by atoms with E-state index in [9.17, 15) is 0 Å². The van der Waals surface area contributed by atoms with Crippen molar-refractivity contribution < 1.29 is 8.83 Å². The maximum Gasteiger partial charge on any atom is 0.228 e. The maximum atomic E-state index is 6.37. The van der Waals surface area contributed by atoms with Gasteiger partial charge in [0.25, 0.3) is 0 Å². The summed E-state index contributed by atoms with van der Waals surface area (Å²) in [5.74, 6) is 2.44. The zero-order chi connectivity index (χ0) is 30.9. The lowest BCUT2D eigenvalue weighted by Gasteiger charge is -2.08. The van der Waals surface area contributed by atoms with Gasteiger partial charge in [0.15, 0.2) is 23.1 Å². The van der Waals surface area contributed by atoms with Crippen LogP contribution in [0, 0.1) is 0 Å². The minimum atomic E-state index is 0.593. The number of hydrogen-bond acceptors (Lipinski definition) is 7. The Morgan fingerprint density at radius 1 is 0.426 bits per heavy atom. The van der Waals surface area contributed by atoms with Gasteiger partial charge in [-0.15, -0.1) is 11.3 Å². The molecule has 6 nitrogen and oxygen atoms in total. The molecule has 10 aromatic rings. The lowest BCUT2D eigenvalue weighted by Crippen LogP contribution is -2.00. The first-order valence-electron chi connectivity index (χ1n) is 15.3. The summed E-state index contributed by atoms with van der Waals surface area (Å²) in [6.45, 7) is 0. The van der Waals surface area contributed by atoms with Crippen molar-refractivity contribution in [3.8, 4) is 45.6 Å². The molecular weight excluding hydrogens is 601 g/mol. The summed E-state index contributed by atoms with van der Waals surface area (Å²) < 4.78 is 15.1. The average molecular weight is 623 g/mol. The Kier molecular flexibility index (Phi) is 5.64. The molecule has 0 amide bonds. The number of benzene rings is 6. The van der Waals surface area contributed by atoms with Gasteiger partial charge in [-0.25, -0.2) is 19.9 Å². The van der Waals surface area contributed by atoms with E-state index in [1.165, 1.54) is 20.2 Å². The van der Waals surface area contributed by atoms with Crippen LogP contribution in [0.5, 0.6) is 0 Å². The zero-order valence-corrected chi connectivity index (χ0v) is 25.5. The first-order valence-corrected chi connectivity index (χ1v) is 16.1. The van der Waals surface area contributed by atoms with Crippen LogP contribution >= 0.6 is 11.3 Å². The number of furan rings is 1. The molecule has 0 atom stereocenters. The molecule has 0 radical (unpaired) electrons. The van der Waals surface area contributed by atoms with E-state index < -0.39 is 0 Å². The molecule has 0 aliphatic carbocycles. The van der Waals surface area contributed by atoms with Gasteiger partial charge in [0.1, 0.15) is 16.7 Å². The molecule has 6 aromatic carbocycles. The molecule has 0 bridgehead atoms. The Labute approximate surface area is 271 Å². The van der Waals surface area contributed by atoms with E-state index >= 15 is 0 Å². The van der Waals surface area contributed by atoms with Crippen LogP contribution in [-0.4, -0.2) is 19.9 Å². The molecule has 0 aliphatic rings. The first kappa shape index (κ1) is 26.1. The second-order valence-electron chi connectivity index (χ2n) is 11.5. The van der Waals surface area contributed by atoms with Crippen LogP contribution in [0.3, 0.4) is 0 Å². The summed E-state index contributed by atoms with van der Waals surface area (Å²) >= 11 is 1.76. The molecule has 4 aromatic heterocycles. The molecule has 7 heteroatoms. The van der Waals surface area contributed by atoms with Gasteiger partial charge in [-0.3, -0.25) is 0 Å². The number of thiophene rings is 1. The fraction of sp³-hybridized carbons (Fsp3) is 0. The zero-order valence-electron chi connectivity index (χ0n) is 24.7. The van der Waals surface area contributed by atoms with E-state index in [0.717, 1.165) is 49.7 Å². The van der Waals surface area contributed by atoms with Gasteiger partial charge < -0.3 is 8.83 Å². The molecule has 4 heterocycles. The summed E-state index contributed by atoms with van der Waals surface area (Å²) in [5, 5.41) is 4.37. The van der Waals surface area contributed by atoms with E-state index in [4.69, 9.17) is 28.8 Å². The van der Waals surface area contributed by atoms with E-state index in [1.54, 1.807) is 11.3 Å². The number of aromatic nitrogens is 4. The molecule has 0 N–H and O–H groups in total. The maximum absolute atomic E-state index is 6.37. The largest absolute Gasteiger partial charge is 0.456 e. The predicted molar refractivity (Wildman–Crippen MR) is 189 cm³/mol. The highest BCUT2D eigenvalue weighted by molar-refractivity contribution is 7.26. The second-order valence-corrected chi connectivity index (χ2v) is 12.5. The second kappa shape index (κ2) is 10.2. The summed E-state index contributed by atoms with van der Waals surface area (Å²) in [5.41, 5.74) is 6.68. The molecule has 0 saturated heterocycles. The number of hydrogen-bond donors (Lipinski definition) is 0. The van der Waals surface area contributed by atoms with Crippen LogP contribution in [0.2, 0.25) is 0 Å². The summed E-state index contributed by atoms with van der Waals surface area (Å²) in [6, 6.07) is 44.8. The Bertz CT molecular complexity index is 2740. The number of rotatable bonds is 4. The smallest absolute Gasteiger partial charge is 0.228 e. The minimum absolute atomic E-state index is 0.593. The fourth-order valence-corrected chi connectivity index (χ4v) is 7.51. The monoisotopic (exact) mass is 622 g/mol. The molecule has 0 fully saturated rings. The van der Waals surface area contributed by atoms with E-state index in [-0.39, 0.29) is 0 Å².